The summed E-state index contributed by atoms with van der Waals surface area (Å²) in [7, 11) is 3.11. The summed E-state index contributed by atoms with van der Waals surface area (Å²) in [6.45, 7) is 0.907. The first-order valence-electron chi connectivity index (χ1n) is 9.97. The maximum absolute atomic E-state index is 12.9. The summed E-state index contributed by atoms with van der Waals surface area (Å²) in [6.07, 6.45) is 3.76. The van der Waals surface area contributed by atoms with Gasteiger partial charge in [0.25, 0.3) is 0 Å². The molecule has 0 radical (unpaired) electrons. The molecule has 1 atom stereocenters. The molecule has 0 spiro atoms. The van der Waals surface area contributed by atoms with Crippen LogP contribution in [0.3, 0.4) is 0 Å². The van der Waals surface area contributed by atoms with E-state index < -0.39 is 5.92 Å². The number of rotatable bonds is 7. The first-order valence-corrected chi connectivity index (χ1v) is 9.97. The molecule has 1 N–H and O–H groups in total. The number of methoxy groups -OCH3 is 2. The molecule has 1 unspecified atom stereocenters. The van der Waals surface area contributed by atoms with E-state index in [0.29, 0.717) is 36.0 Å². The second kappa shape index (κ2) is 8.91. The Balaban J connectivity index is 1.44. The van der Waals surface area contributed by atoms with E-state index in [1.54, 1.807) is 43.5 Å². The average Bonchev–Trinajstić information content (AvgIpc) is 3.43. The van der Waals surface area contributed by atoms with Crippen LogP contribution >= 0.6 is 0 Å². The molecule has 160 valence electrons. The second-order valence-electron chi connectivity index (χ2n) is 7.34. The predicted molar refractivity (Wildman–Crippen MR) is 116 cm³/mol. The van der Waals surface area contributed by atoms with E-state index in [-0.39, 0.29) is 18.2 Å². The fourth-order valence-electron chi connectivity index (χ4n) is 3.70. The third-order valence-corrected chi connectivity index (χ3v) is 5.27. The van der Waals surface area contributed by atoms with Crippen molar-refractivity contribution in [2.45, 2.75) is 13.0 Å². The summed E-state index contributed by atoms with van der Waals surface area (Å²) in [6, 6.07) is 14.8. The van der Waals surface area contributed by atoms with Crippen molar-refractivity contribution in [1.29, 1.82) is 0 Å². The second-order valence-corrected chi connectivity index (χ2v) is 7.34. The zero-order valence-corrected chi connectivity index (χ0v) is 17.4. The SMILES string of the molecule is COc1ccc(N2CC(C(=O)Nc3cccc(Cn4cccn4)c3)CC2=O)c(OC)c1. The molecule has 31 heavy (non-hydrogen) atoms. The van der Waals surface area contributed by atoms with Gasteiger partial charge in [-0.1, -0.05) is 12.1 Å². The topological polar surface area (TPSA) is 85.7 Å². The minimum Gasteiger partial charge on any atom is -0.497 e. The highest BCUT2D eigenvalue weighted by Crippen LogP contribution is 2.36. The number of hydrogen-bond acceptors (Lipinski definition) is 5. The number of amides is 2. The van der Waals surface area contributed by atoms with Crippen LogP contribution in [0.25, 0.3) is 0 Å². The predicted octanol–water partition coefficient (Wildman–Crippen LogP) is 2.94. The van der Waals surface area contributed by atoms with Gasteiger partial charge in [-0.05, 0) is 35.9 Å². The maximum Gasteiger partial charge on any atom is 0.229 e. The van der Waals surface area contributed by atoms with Crippen molar-refractivity contribution < 1.29 is 19.1 Å². The number of benzene rings is 2. The number of carbonyl (C=O) groups is 2. The first-order chi connectivity index (χ1) is 15.1. The maximum atomic E-state index is 12.9. The quantitative estimate of drug-likeness (QED) is 0.635. The molecule has 4 rings (SSSR count). The number of aromatic nitrogens is 2. The lowest BCUT2D eigenvalue weighted by Gasteiger charge is -2.20. The Labute approximate surface area is 180 Å². The van der Waals surface area contributed by atoms with Crippen LogP contribution in [0.15, 0.2) is 60.9 Å². The number of nitrogens with zero attached hydrogens (tertiary/aromatic N) is 3. The lowest BCUT2D eigenvalue weighted by molar-refractivity contribution is -0.122. The zero-order valence-electron chi connectivity index (χ0n) is 17.4. The largest absolute Gasteiger partial charge is 0.497 e. The number of hydrogen-bond donors (Lipinski definition) is 1. The average molecular weight is 420 g/mol. The van der Waals surface area contributed by atoms with Gasteiger partial charge in [-0.15, -0.1) is 0 Å². The Kier molecular flexibility index (Phi) is 5.88. The Morgan fingerprint density at radius 1 is 1.16 bits per heavy atom. The Morgan fingerprint density at radius 3 is 2.77 bits per heavy atom. The highest BCUT2D eigenvalue weighted by atomic mass is 16.5. The van der Waals surface area contributed by atoms with Gasteiger partial charge in [0.2, 0.25) is 11.8 Å². The molecule has 0 bridgehead atoms. The van der Waals surface area contributed by atoms with Crippen LogP contribution in [0.5, 0.6) is 11.5 Å². The number of anilines is 2. The van der Waals surface area contributed by atoms with Gasteiger partial charge in [-0.25, -0.2) is 0 Å². The molecule has 8 heteroatoms. The molecule has 0 aliphatic carbocycles. The van der Waals surface area contributed by atoms with Gasteiger partial charge in [0, 0.05) is 37.1 Å². The molecular formula is C23H24N4O4. The molecule has 1 fully saturated rings. The van der Waals surface area contributed by atoms with Gasteiger partial charge in [-0.2, -0.15) is 5.10 Å². The number of ether oxygens (including phenoxy) is 2. The fourth-order valence-corrected chi connectivity index (χ4v) is 3.70. The van der Waals surface area contributed by atoms with Crippen LogP contribution in [0, 0.1) is 5.92 Å². The van der Waals surface area contributed by atoms with Gasteiger partial charge in [0.1, 0.15) is 11.5 Å². The van der Waals surface area contributed by atoms with E-state index in [4.69, 9.17) is 9.47 Å². The normalized spacial score (nSPS) is 15.7. The summed E-state index contributed by atoms with van der Waals surface area (Å²) in [4.78, 5) is 27.1. The Bertz CT molecular complexity index is 1080. The van der Waals surface area contributed by atoms with Crippen LogP contribution in [0.2, 0.25) is 0 Å². The minimum atomic E-state index is -0.450. The Morgan fingerprint density at radius 2 is 2.03 bits per heavy atom. The molecular weight excluding hydrogens is 396 g/mol. The smallest absolute Gasteiger partial charge is 0.229 e. The van der Waals surface area contributed by atoms with Crippen molar-refractivity contribution in [3.05, 3.63) is 66.5 Å². The molecule has 2 heterocycles. The van der Waals surface area contributed by atoms with Crippen LogP contribution in [-0.2, 0) is 16.1 Å². The Hall–Kier alpha value is -3.81. The molecule has 8 nitrogen and oxygen atoms in total. The van der Waals surface area contributed by atoms with Gasteiger partial charge >= 0.3 is 0 Å². The van der Waals surface area contributed by atoms with Crippen molar-refractivity contribution in [3.8, 4) is 11.5 Å². The summed E-state index contributed by atoms with van der Waals surface area (Å²) >= 11 is 0. The third kappa shape index (κ3) is 4.53. The summed E-state index contributed by atoms with van der Waals surface area (Å²) in [5, 5.41) is 7.15. The number of carbonyl (C=O) groups excluding carboxylic acids is 2. The highest BCUT2D eigenvalue weighted by molar-refractivity contribution is 6.04. The highest BCUT2D eigenvalue weighted by Gasteiger charge is 2.36. The van der Waals surface area contributed by atoms with E-state index in [1.807, 2.05) is 41.2 Å². The minimum absolute atomic E-state index is 0.115. The number of nitrogens with one attached hydrogen (secondary N) is 1. The van der Waals surface area contributed by atoms with E-state index in [0.717, 1.165) is 5.56 Å². The molecule has 3 aromatic rings. The first kappa shape index (κ1) is 20.5. The van der Waals surface area contributed by atoms with Gasteiger partial charge < -0.3 is 19.7 Å². The third-order valence-electron chi connectivity index (χ3n) is 5.27. The van der Waals surface area contributed by atoms with Crippen molar-refractivity contribution in [2.75, 3.05) is 31.0 Å². The van der Waals surface area contributed by atoms with Crippen LogP contribution in [-0.4, -0.2) is 42.4 Å². The van der Waals surface area contributed by atoms with Crippen molar-refractivity contribution in [1.82, 2.24) is 9.78 Å². The zero-order chi connectivity index (χ0) is 21.8. The molecule has 2 aromatic carbocycles. The lowest BCUT2D eigenvalue weighted by atomic mass is 10.1. The molecule has 1 saturated heterocycles. The fraction of sp³-hybridized carbons (Fsp3) is 0.261. The van der Waals surface area contributed by atoms with Crippen LogP contribution < -0.4 is 19.7 Å². The van der Waals surface area contributed by atoms with E-state index in [1.165, 1.54) is 0 Å². The summed E-state index contributed by atoms with van der Waals surface area (Å²) < 4.78 is 12.4. The van der Waals surface area contributed by atoms with Crippen molar-refractivity contribution >= 4 is 23.2 Å². The molecule has 1 aliphatic rings. The molecule has 0 saturated carbocycles. The van der Waals surface area contributed by atoms with E-state index in [2.05, 4.69) is 10.4 Å². The molecule has 1 aromatic heterocycles. The van der Waals surface area contributed by atoms with Crippen LogP contribution in [0.4, 0.5) is 11.4 Å². The lowest BCUT2D eigenvalue weighted by Crippen LogP contribution is -2.28. The van der Waals surface area contributed by atoms with E-state index in [9.17, 15) is 9.59 Å². The van der Waals surface area contributed by atoms with E-state index >= 15 is 0 Å². The summed E-state index contributed by atoms with van der Waals surface area (Å²) in [5.41, 5.74) is 2.35. The van der Waals surface area contributed by atoms with Gasteiger partial charge in [0.15, 0.2) is 0 Å². The van der Waals surface area contributed by atoms with Crippen molar-refractivity contribution in [3.63, 3.8) is 0 Å². The molecule has 2 amide bonds. The molecule has 1 aliphatic heterocycles. The van der Waals surface area contributed by atoms with Crippen LogP contribution in [0.1, 0.15) is 12.0 Å². The van der Waals surface area contributed by atoms with Gasteiger partial charge in [0.05, 0.1) is 32.4 Å². The monoisotopic (exact) mass is 420 g/mol. The summed E-state index contributed by atoms with van der Waals surface area (Å²) in [5.74, 6) is 0.418. The standard InChI is InChI=1S/C23H24N4O4/c1-30-19-7-8-20(21(13-19)31-2)27-15-17(12-22(27)28)23(29)25-18-6-3-5-16(11-18)14-26-10-4-9-24-26/h3-11,13,17H,12,14-15H2,1-2H3,(H,25,29). The van der Waals surface area contributed by atoms with Crippen molar-refractivity contribution in [2.24, 2.45) is 5.92 Å². The van der Waals surface area contributed by atoms with Gasteiger partial charge in [-0.3, -0.25) is 14.3 Å².